The van der Waals surface area contributed by atoms with Gasteiger partial charge >= 0.3 is 0 Å². The second-order valence-corrected chi connectivity index (χ2v) is 3.14. The average molecular weight is 153 g/mol. The Labute approximate surface area is 67.8 Å². The summed E-state index contributed by atoms with van der Waals surface area (Å²) in [4.78, 5) is 2.18. The topological polar surface area (TPSA) is 53.0 Å². The third kappa shape index (κ3) is 2.49. The number of likely N-dealkylation sites (tertiary alicyclic amines) is 1. The van der Waals surface area contributed by atoms with Crippen LogP contribution in [0, 0.1) is 17.2 Å². The van der Waals surface area contributed by atoms with Gasteiger partial charge in [-0.15, -0.1) is 0 Å². The molecule has 0 saturated carbocycles. The highest BCUT2D eigenvalue weighted by atomic mass is 15.1. The zero-order chi connectivity index (χ0) is 8.10. The fourth-order valence-electron chi connectivity index (χ4n) is 1.59. The lowest BCUT2D eigenvalue weighted by Crippen LogP contribution is -2.38. The molecular formula is C8H15N3. The number of hydrogen-bond donors (Lipinski definition) is 1. The maximum absolute atomic E-state index is 8.45. The largest absolute Gasteiger partial charge is 0.330 e. The molecule has 1 heterocycles. The van der Waals surface area contributed by atoms with Crippen LogP contribution in [0.25, 0.3) is 0 Å². The van der Waals surface area contributed by atoms with Crippen LogP contribution in [0.2, 0.25) is 0 Å². The van der Waals surface area contributed by atoms with Crippen molar-refractivity contribution in [2.24, 2.45) is 11.7 Å². The minimum atomic E-state index is 0.566. The number of hydrogen-bond acceptors (Lipinski definition) is 3. The molecule has 1 rings (SSSR count). The van der Waals surface area contributed by atoms with Gasteiger partial charge in [0.05, 0.1) is 12.6 Å². The van der Waals surface area contributed by atoms with Crippen molar-refractivity contribution < 1.29 is 0 Å². The Morgan fingerprint density at radius 2 is 2.45 bits per heavy atom. The van der Waals surface area contributed by atoms with Crippen molar-refractivity contribution in [1.29, 1.82) is 5.26 Å². The van der Waals surface area contributed by atoms with Crippen LogP contribution in [0.3, 0.4) is 0 Å². The molecule has 0 aromatic rings. The van der Waals surface area contributed by atoms with Crippen molar-refractivity contribution in [2.45, 2.75) is 12.8 Å². The normalized spacial score (nSPS) is 26.4. The number of nitrogens with zero attached hydrogens (tertiary/aromatic N) is 2. The second-order valence-electron chi connectivity index (χ2n) is 3.14. The van der Waals surface area contributed by atoms with Crippen LogP contribution in [0.1, 0.15) is 12.8 Å². The quantitative estimate of drug-likeness (QED) is 0.576. The lowest BCUT2D eigenvalue weighted by Gasteiger charge is -2.29. The summed E-state index contributed by atoms with van der Waals surface area (Å²) in [5.41, 5.74) is 5.55. The van der Waals surface area contributed by atoms with Crippen LogP contribution in [0.15, 0.2) is 0 Å². The van der Waals surface area contributed by atoms with E-state index in [0.29, 0.717) is 12.5 Å². The van der Waals surface area contributed by atoms with Crippen LogP contribution in [0.4, 0.5) is 0 Å². The van der Waals surface area contributed by atoms with Gasteiger partial charge in [0.1, 0.15) is 0 Å². The molecule has 1 aliphatic heterocycles. The van der Waals surface area contributed by atoms with Crippen LogP contribution >= 0.6 is 0 Å². The lowest BCUT2D eigenvalue weighted by atomic mass is 9.98. The fraction of sp³-hybridized carbons (Fsp3) is 0.875. The fourth-order valence-corrected chi connectivity index (χ4v) is 1.59. The highest BCUT2D eigenvalue weighted by Crippen LogP contribution is 2.14. The first-order chi connectivity index (χ1) is 5.36. The molecule has 62 valence electrons. The number of rotatable bonds is 2. The maximum atomic E-state index is 8.45. The monoisotopic (exact) mass is 153 g/mol. The molecule has 0 unspecified atom stereocenters. The Kier molecular flexibility index (Phi) is 3.34. The van der Waals surface area contributed by atoms with E-state index in [1.54, 1.807) is 0 Å². The van der Waals surface area contributed by atoms with Crippen LogP contribution < -0.4 is 5.73 Å². The summed E-state index contributed by atoms with van der Waals surface area (Å²) in [6, 6.07) is 2.17. The van der Waals surface area contributed by atoms with Crippen molar-refractivity contribution in [3.8, 4) is 6.07 Å². The third-order valence-corrected chi connectivity index (χ3v) is 2.23. The molecular weight excluding hydrogens is 138 g/mol. The van der Waals surface area contributed by atoms with Crippen molar-refractivity contribution in [3.05, 3.63) is 0 Å². The first-order valence-electron chi connectivity index (χ1n) is 4.16. The van der Waals surface area contributed by atoms with Crippen molar-refractivity contribution in [1.82, 2.24) is 4.90 Å². The van der Waals surface area contributed by atoms with Gasteiger partial charge in [-0.1, -0.05) is 0 Å². The molecule has 0 spiro atoms. The molecule has 0 radical (unpaired) electrons. The molecule has 0 aromatic carbocycles. The summed E-state index contributed by atoms with van der Waals surface area (Å²) in [7, 11) is 0. The first kappa shape index (κ1) is 8.51. The molecule has 3 nitrogen and oxygen atoms in total. The summed E-state index contributed by atoms with van der Waals surface area (Å²) >= 11 is 0. The Morgan fingerprint density at radius 1 is 1.64 bits per heavy atom. The van der Waals surface area contributed by atoms with Gasteiger partial charge in [0.15, 0.2) is 0 Å². The van der Waals surface area contributed by atoms with E-state index in [4.69, 9.17) is 11.0 Å². The van der Waals surface area contributed by atoms with Crippen molar-refractivity contribution >= 4 is 0 Å². The molecule has 0 aliphatic carbocycles. The van der Waals surface area contributed by atoms with E-state index in [1.807, 2.05) is 0 Å². The lowest BCUT2D eigenvalue weighted by molar-refractivity contribution is 0.197. The number of nitrogens with two attached hydrogens (primary N) is 1. The SMILES string of the molecule is N#CCN1CCC[C@@H](CN)C1. The molecule has 1 atom stereocenters. The minimum Gasteiger partial charge on any atom is -0.330 e. The van der Waals surface area contributed by atoms with Gasteiger partial charge in [0.25, 0.3) is 0 Å². The number of piperidine rings is 1. The van der Waals surface area contributed by atoms with Gasteiger partial charge in [-0.3, -0.25) is 4.90 Å². The summed E-state index contributed by atoms with van der Waals surface area (Å²) in [6.07, 6.45) is 2.43. The second kappa shape index (κ2) is 4.32. The van der Waals surface area contributed by atoms with E-state index >= 15 is 0 Å². The summed E-state index contributed by atoms with van der Waals surface area (Å²) in [5, 5.41) is 8.45. The molecule has 1 fully saturated rings. The molecule has 0 amide bonds. The Balaban J connectivity index is 2.28. The van der Waals surface area contributed by atoms with E-state index in [1.165, 1.54) is 12.8 Å². The standard InChI is InChI=1S/C8H15N3/c9-3-5-11-4-1-2-8(6-10)7-11/h8H,1-2,4-7,10H2/t8-/m0/s1. The van der Waals surface area contributed by atoms with Crippen molar-refractivity contribution in [2.75, 3.05) is 26.2 Å². The van der Waals surface area contributed by atoms with E-state index in [0.717, 1.165) is 19.6 Å². The Bertz CT molecular complexity index is 150. The third-order valence-electron chi connectivity index (χ3n) is 2.23. The summed E-state index contributed by atoms with van der Waals surface area (Å²) in [5.74, 6) is 0.622. The average Bonchev–Trinajstić information content (AvgIpc) is 2.06. The minimum absolute atomic E-state index is 0.566. The molecule has 2 N–H and O–H groups in total. The predicted octanol–water partition coefficient (Wildman–Crippen LogP) is 0.181. The van der Waals surface area contributed by atoms with Gasteiger partial charge < -0.3 is 5.73 Å². The predicted molar refractivity (Wildman–Crippen MR) is 43.8 cm³/mol. The van der Waals surface area contributed by atoms with Gasteiger partial charge in [-0.05, 0) is 31.8 Å². The molecule has 3 heteroatoms. The van der Waals surface area contributed by atoms with Gasteiger partial charge in [-0.25, -0.2) is 0 Å². The smallest absolute Gasteiger partial charge is 0.0866 e. The van der Waals surface area contributed by atoms with Gasteiger partial charge in [-0.2, -0.15) is 5.26 Å². The Hall–Kier alpha value is -0.590. The highest BCUT2D eigenvalue weighted by Gasteiger charge is 2.17. The van der Waals surface area contributed by atoms with Gasteiger partial charge in [0.2, 0.25) is 0 Å². The van der Waals surface area contributed by atoms with Crippen LogP contribution in [0.5, 0.6) is 0 Å². The molecule has 0 bridgehead atoms. The van der Waals surface area contributed by atoms with E-state index in [9.17, 15) is 0 Å². The van der Waals surface area contributed by atoms with Crippen LogP contribution in [-0.4, -0.2) is 31.1 Å². The van der Waals surface area contributed by atoms with Gasteiger partial charge in [0, 0.05) is 6.54 Å². The van der Waals surface area contributed by atoms with E-state index < -0.39 is 0 Å². The Morgan fingerprint density at radius 3 is 3.09 bits per heavy atom. The summed E-state index contributed by atoms with van der Waals surface area (Å²) < 4.78 is 0. The zero-order valence-electron chi connectivity index (χ0n) is 6.79. The van der Waals surface area contributed by atoms with E-state index in [-0.39, 0.29) is 0 Å². The van der Waals surface area contributed by atoms with Crippen molar-refractivity contribution in [3.63, 3.8) is 0 Å². The maximum Gasteiger partial charge on any atom is 0.0866 e. The molecule has 0 aromatic heterocycles. The first-order valence-corrected chi connectivity index (χ1v) is 4.16. The number of nitriles is 1. The van der Waals surface area contributed by atoms with Crippen LogP contribution in [-0.2, 0) is 0 Å². The molecule has 11 heavy (non-hydrogen) atoms. The molecule has 1 saturated heterocycles. The van der Waals surface area contributed by atoms with E-state index in [2.05, 4.69) is 11.0 Å². The highest BCUT2D eigenvalue weighted by molar-refractivity contribution is 4.81. The molecule has 1 aliphatic rings. The summed E-state index contributed by atoms with van der Waals surface area (Å²) in [6.45, 7) is 3.42. The zero-order valence-corrected chi connectivity index (χ0v) is 6.79.